The summed E-state index contributed by atoms with van der Waals surface area (Å²) < 4.78 is 6.45. The van der Waals surface area contributed by atoms with Crippen molar-refractivity contribution in [3.63, 3.8) is 0 Å². The summed E-state index contributed by atoms with van der Waals surface area (Å²) in [4.78, 5) is 4.57. The van der Waals surface area contributed by atoms with Crippen molar-refractivity contribution in [3.8, 4) is 11.4 Å². The van der Waals surface area contributed by atoms with Gasteiger partial charge in [-0.2, -0.15) is 4.98 Å². The summed E-state index contributed by atoms with van der Waals surface area (Å²) in [5, 5.41) is 7.59. The molecule has 0 amide bonds. The molecule has 0 bridgehead atoms. The number of halogens is 1. The van der Waals surface area contributed by atoms with Crippen LogP contribution in [0.4, 0.5) is 0 Å². The number of nitrogens with zero attached hydrogens (tertiary/aromatic N) is 2. The highest BCUT2D eigenvalue weighted by Crippen LogP contribution is 2.31. The SMILES string of the molecule is CC1(c2nc(-c3ccccc3Br)no2)CCCCN1. The van der Waals surface area contributed by atoms with Crippen LogP contribution in [0.15, 0.2) is 33.3 Å². The lowest BCUT2D eigenvalue weighted by atomic mass is 9.91. The minimum absolute atomic E-state index is 0.190. The van der Waals surface area contributed by atoms with Crippen molar-refractivity contribution in [2.24, 2.45) is 0 Å². The summed E-state index contributed by atoms with van der Waals surface area (Å²) in [6, 6.07) is 7.90. The zero-order valence-corrected chi connectivity index (χ0v) is 12.4. The number of nitrogens with one attached hydrogen (secondary N) is 1. The van der Waals surface area contributed by atoms with Crippen LogP contribution in [0.5, 0.6) is 0 Å². The molecule has 1 aliphatic rings. The van der Waals surface area contributed by atoms with Crippen molar-refractivity contribution < 1.29 is 4.52 Å². The first-order valence-corrected chi connectivity index (χ1v) is 7.32. The Balaban J connectivity index is 1.93. The van der Waals surface area contributed by atoms with Gasteiger partial charge in [-0.1, -0.05) is 33.2 Å². The van der Waals surface area contributed by atoms with Gasteiger partial charge in [-0.25, -0.2) is 0 Å². The van der Waals surface area contributed by atoms with Crippen LogP contribution < -0.4 is 5.32 Å². The molecule has 1 aromatic carbocycles. The molecule has 1 fully saturated rings. The van der Waals surface area contributed by atoms with Crippen LogP contribution in [0, 0.1) is 0 Å². The maximum absolute atomic E-state index is 5.47. The number of piperidine rings is 1. The molecule has 0 spiro atoms. The number of hydrogen-bond donors (Lipinski definition) is 1. The first kappa shape index (κ1) is 12.8. The van der Waals surface area contributed by atoms with Gasteiger partial charge in [-0.05, 0) is 44.9 Å². The fourth-order valence-electron chi connectivity index (χ4n) is 2.44. The Morgan fingerprint density at radius 1 is 1.32 bits per heavy atom. The smallest absolute Gasteiger partial charge is 0.246 e. The average Bonchev–Trinajstić information content (AvgIpc) is 2.90. The second-order valence-electron chi connectivity index (χ2n) is 5.12. The molecule has 19 heavy (non-hydrogen) atoms. The van der Waals surface area contributed by atoms with E-state index in [1.807, 2.05) is 24.3 Å². The first-order chi connectivity index (χ1) is 9.19. The third-order valence-electron chi connectivity index (χ3n) is 3.63. The summed E-state index contributed by atoms with van der Waals surface area (Å²) in [6.07, 6.45) is 3.43. The molecule has 1 atom stereocenters. The highest BCUT2D eigenvalue weighted by molar-refractivity contribution is 9.10. The summed E-state index contributed by atoms with van der Waals surface area (Å²) >= 11 is 3.51. The fourth-order valence-corrected chi connectivity index (χ4v) is 2.90. The van der Waals surface area contributed by atoms with Crippen molar-refractivity contribution in [2.45, 2.75) is 31.7 Å². The van der Waals surface area contributed by atoms with E-state index in [1.54, 1.807) is 0 Å². The standard InChI is InChI=1S/C14H16BrN3O/c1-14(8-4-5-9-16-14)13-17-12(18-19-13)10-6-2-3-7-11(10)15/h2-3,6-7,16H,4-5,8-9H2,1H3. The zero-order valence-electron chi connectivity index (χ0n) is 10.8. The monoisotopic (exact) mass is 321 g/mol. The molecule has 1 saturated heterocycles. The van der Waals surface area contributed by atoms with Crippen LogP contribution in [0.2, 0.25) is 0 Å². The molecule has 0 saturated carbocycles. The quantitative estimate of drug-likeness (QED) is 0.919. The molecule has 2 heterocycles. The Bertz CT molecular complexity index is 576. The molecule has 2 aromatic rings. The largest absolute Gasteiger partial charge is 0.337 e. The van der Waals surface area contributed by atoms with Gasteiger partial charge in [0.05, 0.1) is 5.54 Å². The highest BCUT2D eigenvalue weighted by Gasteiger charge is 2.34. The van der Waals surface area contributed by atoms with E-state index < -0.39 is 0 Å². The average molecular weight is 322 g/mol. The Morgan fingerprint density at radius 3 is 2.89 bits per heavy atom. The Morgan fingerprint density at radius 2 is 2.16 bits per heavy atom. The van der Waals surface area contributed by atoms with Crippen molar-refractivity contribution in [1.82, 2.24) is 15.5 Å². The molecule has 3 rings (SSSR count). The predicted molar refractivity (Wildman–Crippen MR) is 76.6 cm³/mol. The van der Waals surface area contributed by atoms with E-state index >= 15 is 0 Å². The second-order valence-corrected chi connectivity index (χ2v) is 5.97. The molecular weight excluding hydrogens is 306 g/mol. The summed E-state index contributed by atoms with van der Waals surface area (Å²) in [5.74, 6) is 1.31. The first-order valence-electron chi connectivity index (χ1n) is 6.53. The second kappa shape index (κ2) is 5.06. The Hall–Kier alpha value is -1.20. The molecule has 0 aliphatic carbocycles. The van der Waals surface area contributed by atoms with Gasteiger partial charge in [0.2, 0.25) is 11.7 Å². The van der Waals surface area contributed by atoms with Gasteiger partial charge < -0.3 is 9.84 Å². The van der Waals surface area contributed by atoms with E-state index in [-0.39, 0.29) is 5.54 Å². The van der Waals surface area contributed by atoms with E-state index in [4.69, 9.17) is 4.52 Å². The van der Waals surface area contributed by atoms with Crippen LogP contribution in [-0.2, 0) is 5.54 Å². The van der Waals surface area contributed by atoms with Gasteiger partial charge in [-0.15, -0.1) is 0 Å². The van der Waals surface area contributed by atoms with Crippen LogP contribution in [0.3, 0.4) is 0 Å². The lowest BCUT2D eigenvalue weighted by Gasteiger charge is -2.31. The van der Waals surface area contributed by atoms with Gasteiger partial charge in [-0.3, -0.25) is 0 Å². The van der Waals surface area contributed by atoms with E-state index in [9.17, 15) is 0 Å². The minimum Gasteiger partial charge on any atom is -0.337 e. The summed E-state index contributed by atoms with van der Waals surface area (Å²) in [6.45, 7) is 3.13. The number of rotatable bonds is 2. The van der Waals surface area contributed by atoms with Crippen molar-refractivity contribution in [1.29, 1.82) is 0 Å². The topological polar surface area (TPSA) is 51.0 Å². The zero-order chi connectivity index (χ0) is 13.3. The Kier molecular flexibility index (Phi) is 3.41. The summed E-state index contributed by atoms with van der Waals surface area (Å²) in [7, 11) is 0. The maximum atomic E-state index is 5.47. The molecule has 100 valence electrons. The van der Waals surface area contributed by atoms with E-state index in [1.165, 1.54) is 12.8 Å². The van der Waals surface area contributed by atoms with Crippen LogP contribution in [0.1, 0.15) is 32.1 Å². The van der Waals surface area contributed by atoms with Crippen LogP contribution in [0.25, 0.3) is 11.4 Å². The number of benzene rings is 1. The van der Waals surface area contributed by atoms with Crippen molar-refractivity contribution in [3.05, 3.63) is 34.6 Å². The van der Waals surface area contributed by atoms with Gasteiger partial charge in [0.15, 0.2) is 0 Å². The lowest BCUT2D eigenvalue weighted by Crippen LogP contribution is -2.43. The molecule has 4 nitrogen and oxygen atoms in total. The molecule has 0 radical (unpaired) electrons. The van der Waals surface area contributed by atoms with Gasteiger partial charge in [0, 0.05) is 10.0 Å². The lowest BCUT2D eigenvalue weighted by molar-refractivity contribution is 0.207. The van der Waals surface area contributed by atoms with Crippen LogP contribution in [-0.4, -0.2) is 16.7 Å². The van der Waals surface area contributed by atoms with Gasteiger partial charge in [0.1, 0.15) is 0 Å². The van der Waals surface area contributed by atoms with E-state index in [2.05, 4.69) is 38.3 Å². The highest BCUT2D eigenvalue weighted by atomic mass is 79.9. The fraction of sp³-hybridized carbons (Fsp3) is 0.429. The molecule has 1 aliphatic heterocycles. The third-order valence-corrected chi connectivity index (χ3v) is 4.32. The van der Waals surface area contributed by atoms with Crippen molar-refractivity contribution in [2.75, 3.05) is 6.54 Å². The number of aromatic nitrogens is 2. The Labute approximate surface area is 120 Å². The minimum atomic E-state index is -0.190. The van der Waals surface area contributed by atoms with E-state index in [0.717, 1.165) is 23.0 Å². The normalized spacial score (nSPS) is 23.5. The molecule has 1 aromatic heterocycles. The third kappa shape index (κ3) is 2.44. The molecular formula is C14H16BrN3O. The van der Waals surface area contributed by atoms with Crippen LogP contribution >= 0.6 is 15.9 Å². The van der Waals surface area contributed by atoms with Crippen molar-refractivity contribution >= 4 is 15.9 Å². The molecule has 1 N–H and O–H groups in total. The summed E-state index contributed by atoms with van der Waals surface area (Å²) in [5.41, 5.74) is 0.766. The predicted octanol–water partition coefficient (Wildman–Crippen LogP) is 3.49. The maximum Gasteiger partial charge on any atom is 0.246 e. The van der Waals surface area contributed by atoms with Gasteiger partial charge in [0.25, 0.3) is 0 Å². The molecule has 5 heteroatoms. The number of hydrogen-bond acceptors (Lipinski definition) is 4. The van der Waals surface area contributed by atoms with Gasteiger partial charge >= 0.3 is 0 Å². The van der Waals surface area contributed by atoms with E-state index in [0.29, 0.717) is 11.7 Å². The molecule has 1 unspecified atom stereocenters.